The third-order valence-corrected chi connectivity index (χ3v) is 7.47. The van der Waals surface area contributed by atoms with Crippen LogP contribution in [-0.2, 0) is 23.0 Å². The molecule has 0 amide bonds. The zero-order valence-corrected chi connectivity index (χ0v) is 18.8. The minimum Gasteiger partial charge on any atom is -0.327 e. The molecule has 3 aromatic carbocycles. The fourth-order valence-electron chi connectivity index (χ4n) is 4.51. The van der Waals surface area contributed by atoms with Gasteiger partial charge in [-0.15, -0.1) is 0 Å². The van der Waals surface area contributed by atoms with Crippen molar-refractivity contribution < 1.29 is 12.8 Å². The summed E-state index contributed by atoms with van der Waals surface area (Å²) < 4.78 is 44.4. The topological polar surface area (TPSA) is 92.7 Å². The van der Waals surface area contributed by atoms with Gasteiger partial charge in [-0.05, 0) is 42.8 Å². The van der Waals surface area contributed by atoms with Gasteiger partial charge in [0, 0.05) is 35.2 Å². The number of hydrogen-bond donors (Lipinski definition) is 2. The van der Waals surface area contributed by atoms with Crippen LogP contribution in [0.25, 0.3) is 33.4 Å². The van der Waals surface area contributed by atoms with E-state index in [9.17, 15) is 12.8 Å². The molecule has 0 fully saturated rings. The maximum absolute atomic E-state index is 14.1. The van der Waals surface area contributed by atoms with Crippen molar-refractivity contribution in [3.8, 4) is 22.5 Å². The summed E-state index contributed by atoms with van der Waals surface area (Å²) in [7, 11) is -4.08. The molecule has 7 nitrogen and oxygen atoms in total. The smallest absolute Gasteiger partial charge is 0.264 e. The van der Waals surface area contributed by atoms with Crippen molar-refractivity contribution in [2.24, 2.45) is 0 Å². The van der Waals surface area contributed by atoms with Crippen LogP contribution in [0.3, 0.4) is 0 Å². The predicted molar refractivity (Wildman–Crippen MR) is 128 cm³/mol. The van der Waals surface area contributed by atoms with Crippen molar-refractivity contribution in [2.45, 2.75) is 24.3 Å². The Bertz CT molecular complexity index is 1660. The number of aryl methyl sites for hydroxylation is 1. The van der Waals surface area contributed by atoms with E-state index in [1.54, 1.807) is 24.4 Å². The molecule has 0 saturated carbocycles. The molecule has 3 heterocycles. The summed E-state index contributed by atoms with van der Waals surface area (Å²) in [5, 5.41) is 8.09. The quantitative estimate of drug-likeness (QED) is 0.377. The Morgan fingerprint density at radius 1 is 1.00 bits per heavy atom. The van der Waals surface area contributed by atoms with E-state index in [4.69, 9.17) is 4.98 Å². The highest BCUT2D eigenvalue weighted by atomic mass is 32.2. The van der Waals surface area contributed by atoms with E-state index in [1.807, 2.05) is 18.2 Å². The fraction of sp³-hybridized carbons (Fsp3) is 0.120. The SMILES string of the molecule is O=S(=O)(Nc1cccc(-c2nc3n(c2-c2ccc4[nH]ncc4c2)CCC3)c1)c1ccccc1F. The molecular weight excluding hydrogens is 453 g/mol. The number of fused-ring (bicyclic) bond motifs is 2. The second-order valence-electron chi connectivity index (χ2n) is 8.27. The molecule has 0 bridgehead atoms. The lowest BCUT2D eigenvalue weighted by molar-refractivity contribution is 0.570. The van der Waals surface area contributed by atoms with E-state index < -0.39 is 20.7 Å². The number of nitrogens with one attached hydrogen (secondary N) is 2. The summed E-state index contributed by atoms with van der Waals surface area (Å²) in [6.45, 7) is 0.876. The van der Waals surface area contributed by atoms with Gasteiger partial charge in [0.25, 0.3) is 10.0 Å². The number of anilines is 1. The average molecular weight is 474 g/mol. The van der Waals surface area contributed by atoms with Crippen LogP contribution in [0.2, 0.25) is 0 Å². The number of halogens is 1. The first-order valence-corrected chi connectivity index (χ1v) is 12.4. The Labute approximate surface area is 195 Å². The van der Waals surface area contributed by atoms with Gasteiger partial charge in [0.1, 0.15) is 16.5 Å². The number of aromatic amines is 1. The van der Waals surface area contributed by atoms with Gasteiger partial charge in [0.2, 0.25) is 0 Å². The number of benzene rings is 3. The van der Waals surface area contributed by atoms with Crippen molar-refractivity contribution in [2.75, 3.05) is 4.72 Å². The Kier molecular flexibility index (Phi) is 4.73. The van der Waals surface area contributed by atoms with Crippen LogP contribution in [0.5, 0.6) is 0 Å². The summed E-state index contributed by atoms with van der Waals surface area (Å²) in [4.78, 5) is 4.52. The Hall–Kier alpha value is -3.98. The number of H-pyrrole nitrogens is 1. The molecule has 0 spiro atoms. The van der Waals surface area contributed by atoms with Crippen molar-refractivity contribution in [3.05, 3.63) is 84.6 Å². The number of rotatable bonds is 5. The second-order valence-corrected chi connectivity index (χ2v) is 9.92. The lowest BCUT2D eigenvalue weighted by Gasteiger charge is -2.12. The molecule has 1 aliphatic heterocycles. The summed E-state index contributed by atoms with van der Waals surface area (Å²) in [5.74, 6) is 0.211. The average Bonchev–Trinajstić information content (AvgIpc) is 3.54. The number of nitrogens with zero attached hydrogens (tertiary/aromatic N) is 3. The number of sulfonamides is 1. The first-order chi connectivity index (χ1) is 16.5. The summed E-state index contributed by atoms with van der Waals surface area (Å²) >= 11 is 0. The maximum Gasteiger partial charge on any atom is 0.264 e. The van der Waals surface area contributed by atoms with Gasteiger partial charge in [0.05, 0.1) is 23.1 Å². The molecule has 9 heteroatoms. The van der Waals surface area contributed by atoms with Crippen molar-refractivity contribution in [1.82, 2.24) is 19.7 Å². The van der Waals surface area contributed by atoms with E-state index in [1.165, 1.54) is 18.2 Å². The minimum absolute atomic E-state index is 0.338. The van der Waals surface area contributed by atoms with E-state index in [0.29, 0.717) is 5.69 Å². The van der Waals surface area contributed by atoms with Gasteiger partial charge in [0.15, 0.2) is 0 Å². The summed E-state index contributed by atoms with van der Waals surface area (Å²) in [5.41, 5.74) is 4.86. The van der Waals surface area contributed by atoms with Gasteiger partial charge in [-0.2, -0.15) is 5.10 Å². The lowest BCUT2D eigenvalue weighted by Crippen LogP contribution is -2.14. The van der Waals surface area contributed by atoms with Crippen LogP contribution in [0, 0.1) is 5.82 Å². The molecule has 0 radical (unpaired) electrons. The van der Waals surface area contributed by atoms with Crippen LogP contribution in [0.4, 0.5) is 10.1 Å². The van der Waals surface area contributed by atoms with E-state index in [-0.39, 0.29) is 0 Å². The van der Waals surface area contributed by atoms with Gasteiger partial charge in [-0.3, -0.25) is 9.82 Å². The third kappa shape index (κ3) is 3.45. The lowest BCUT2D eigenvalue weighted by atomic mass is 10.0. The highest BCUT2D eigenvalue weighted by Gasteiger charge is 2.24. The van der Waals surface area contributed by atoms with Gasteiger partial charge in [-0.25, -0.2) is 17.8 Å². The van der Waals surface area contributed by atoms with Gasteiger partial charge in [-0.1, -0.05) is 30.3 Å². The zero-order chi connectivity index (χ0) is 23.3. The molecule has 0 aliphatic carbocycles. The molecule has 34 heavy (non-hydrogen) atoms. The molecule has 0 unspecified atom stereocenters. The largest absolute Gasteiger partial charge is 0.327 e. The molecule has 170 valence electrons. The van der Waals surface area contributed by atoms with Gasteiger partial charge < -0.3 is 4.57 Å². The molecular formula is C25H20FN5O2S. The Balaban J connectivity index is 1.43. The molecule has 6 rings (SSSR count). The Morgan fingerprint density at radius 3 is 2.76 bits per heavy atom. The number of aromatic nitrogens is 4. The normalized spacial score (nSPS) is 13.3. The summed E-state index contributed by atoms with van der Waals surface area (Å²) in [6.07, 6.45) is 3.71. The number of hydrogen-bond acceptors (Lipinski definition) is 4. The highest BCUT2D eigenvalue weighted by Crippen LogP contribution is 2.37. The minimum atomic E-state index is -4.08. The monoisotopic (exact) mass is 473 g/mol. The molecule has 0 atom stereocenters. The van der Waals surface area contributed by atoms with Crippen molar-refractivity contribution >= 4 is 26.6 Å². The van der Waals surface area contributed by atoms with Crippen molar-refractivity contribution in [3.63, 3.8) is 0 Å². The van der Waals surface area contributed by atoms with E-state index >= 15 is 0 Å². The van der Waals surface area contributed by atoms with Crippen LogP contribution < -0.4 is 4.72 Å². The first kappa shape index (κ1) is 20.6. The van der Waals surface area contributed by atoms with E-state index in [0.717, 1.165) is 64.7 Å². The predicted octanol–water partition coefficient (Wildman–Crippen LogP) is 4.98. The van der Waals surface area contributed by atoms with Crippen LogP contribution in [-0.4, -0.2) is 28.2 Å². The fourth-order valence-corrected chi connectivity index (χ4v) is 5.64. The molecule has 5 aromatic rings. The van der Waals surface area contributed by atoms with Crippen LogP contribution >= 0.6 is 0 Å². The molecule has 0 saturated heterocycles. The van der Waals surface area contributed by atoms with E-state index in [2.05, 4.69) is 25.6 Å². The molecule has 2 aromatic heterocycles. The number of imidazole rings is 1. The zero-order valence-electron chi connectivity index (χ0n) is 18.0. The third-order valence-electron chi connectivity index (χ3n) is 6.06. The second kappa shape index (κ2) is 7.81. The standard InChI is InChI=1S/C25H20FN5O2S/c26-20-7-1-2-8-22(20)34(32,33)30-19-6-3-5-16(14-19)24-25(31-12-4-9-23(31)28-24)17-10-11-21-18(13-17)15-27-29-21/h1-3,5-8,10-11,13-15,30H,4,9,12H2,(H,27,29). The summed E-state index contributed by atoms with van der Waals surface area (Å²) in [6, 6.07) is 18.5. The van der Waals surface area contributed by atoms with Crippen LogP contribution in [0.1, 0.15) is 12.2 Å². The van der Waals surface area contributed by atoms with Crippen molar-refractivity contribution in [1.29, 1.82) is 0 Å². The highest BCUT2D eigenvalue weighted by molar-refractivity contribution is 7.92. The first-order valence-electron chi connectivity index (χ1n) is 10.9. The molecule has 2 N–H and O–H groups in total. The Morgan fingerprint density at radius 2 is 1.88 bits per heavy atom. The maximum atomic E-state index is 14.1. The van der Waals surface area contributed by atoms with Gasteiger partial charge >= 0.3 is 0 Å². The molecule has 1 aliphatic rings. The van der Waals surface area contributed by atoms with Crippen LogP contribution in [0.15, 0.2) is 77.8 Å².